The number of hydrogen-bond acceptors (Lipinski definition) is 3. The van der Waals surface area contributed by atoms with Crippen molar-refractivity contribution in [2.75, 3.05) is 0 Å². The summed E-state index contributed by atoms with van der Waals surface area (Å²) in [5.41, 5.74) is 0.563. The molecule has 86 valence electrons. The van der Waals surface area contributed by atoms with E-state index in [-0.39, 0.29) is 10.9 Å². The standard InChI is InChI=1S/C9H17N3O2S/c1-4-8(5-2)12-15(13,14)9-6-10-11-7(9)3/h6,8,12H,4-5H2,1-3H3,(H,10,11). The molecule has 0 atom stereocenters. The molecule has 1 heterocycles. The van der Waals surface area contributed by atoms with Crippen LogP contribution in [0.5, 0.6) is 0 Å². The number of H-pyrrole nitrogens is 1. The van der Waals surface area contributed by atoms with Crippen molar-refractivity contribution < 1.29 is 8.42 Å². The number of aromatic nitrogens is 2. The summed E-state index contributed by atoms with van der Waals surface area (Å²) in [5.74, 6) is 0. The van der Waals surface area contributed by atoms with Gasteiger partial charge in [0.25, 0.3) is 0 Å². The molecule has 0 aliphatic rings. The summed E-state index contributed by atoms with van der Waals surface area (Å²) in [7, 11) is -3.41. The van der Waals surface area contributed by atoms with Crippen molar-refractivity contribution in [3.63, 3.8) is 0 Å². The van der Waals surface area contributed by atoms with Crippen molar-refractivity contribution in [1.29, 1.82) is 0 Å². The number of nitrogens with zero attached hydrogens (tertiary/aromatic N) is 1. The van der Waals surface area contributed by atoms with Gasteiger partial charge in [0, 0.05) is 6.04 Å². The first-order chi connectivity index (χ1) is 7.01. The van der Waals surface area contributed by atoms with Crippen LogP contribution in [0, 0.1) is 6.92 Å². The molecule has 0 aliphatic heterocycles. The lowest BCUT2D eigenvalue weighted by Gasteiger charge is -2.14. The van der Waals surface area contributed by atoms with Gasteiger partial charge in [0.15, 0.2) is 0 Å². The van der Waals surface area contributed by atoms with Crippen LogP contribution < -0.4 is 4.72 Å². The number of sulfonamides is 1. The van der Waals surface area contributed by atoms with Gasteiger partial charge in [0.2, 0.25) is 10.0 Å². The minimum absolute atomic E-state index is 0.00991. The van der Waals surface area contributed by atoms with Gasteiger partial charge in [-0.05, 0) is 19.8 Å². The predicted octanol–water partition coefficient (Wildman–Crippen LogP) is 1.19. The number of hydrogen-bond donors (Lipinski definition) is 2. The van der Waals surface area contributed by atoms with E-state index in [1.807, 2.05) is 13.8 Å². The Labute approximate surface area is 90.3 Å². The lowest BCUT2D eigenvalue weighted by atomic mass is 10.2. The zero-order valence-electron chi connectivity index (χ0n) is 9.24. The average molecular weight is 231 g/mol. The van der Waals surface area contributed by atoms with Gasteiger partial charge >= 0.3 is 0 Å². The molecule has 0 aliphatic carbocycles. The van der Waals surface area contributed by atoms with Gasteiger partial charge in [0.05, 0.1) is 11.9 Å². The first kappa shape index (κ1) is 12.2. The summed E-state index contributed by atoms with van der Waals surface area (Å²) in [4.78, 5) is 0.231. The van der Waals surface area contributed by atoms with Gasteiger partial charge in [0.1, 0.15) is 4.90 Å². The molecule has 0 saturated carbocycles. The molecule has 0 saturated heterocycles. The summed E-state index contributed by atoms with van der Waals surface area (Å²) in [5, 5.41) is 6.32. The highest BCUT2D eigenvalue weighted by atomic mass is 32.2. The molecule has 0 unspecified atom stereocenters. The van der Waals surface area contributed by atoms with Crippen LogP contribution in [0.1, 0.15) is 32.4 Å². The van der Waals surface area contributed by atoms with E-state index in [9.17, 15) is 8.42 Å². The van der Waals surface area contributed by atoms with Gasteiger partial charge in [-0.2, -0.15) is 5.10 Å². The SMILES string of the molecule is CCC(CC)NS(=O)(=O)c1cn[nH]c1C. The fourth-order valence-corrected chi connectivity index (χ4v) is 2.89. The second-order valence-corrected chi connectivity index (χ2v) is 5.18. The molecule has 5 nitrogen and oxygen atoms in total. The number of aryl methyl sites for hydroxylation is 1. The van der Waals surface area contributed by atoms with Crippen LogP contribution in [0.3, 0.4) is 0 Å². The fourth-order valence-electron chi connectivity index (χ4n) is 1.35. The van der Waals surface area contributed by atoms with E-state index in [0.717, 1.165) is 12.8 Å². The lowest BCUT2D eigenvalue weighted by molar-refractivity contribution is 0.530. The summed E-state index contributed by atoms with van der Waals surface area (Å²) >= 11 is 0. The second kappa shape index (κ2) is 4.76. The highest BCUT2D eigenvalue weighted by Crippen LogP contribution is 2.12. The Hall–Kier alpha value is -0.880. The molecule has 1 aromatic heterocycles. The smallest absolute Gasteiger partial charge is 0.244 e. The Morgan fingerprint density at radius 2 is 2.07 bits per heavy atom. The Balaban J connectivity index is 2.90. The molecular formula is C9H17N3O2S. The van der Waals surface area contributed by atoms with Crippen molar-refractivity contribution in [3.05, 3.63) is 11.9 Å². The summed E-state index contributed by atoms with van der Waals surface area (Å²) in [6.45, 7) is 5.60. The van der Waals surface area contributed by atoms with Gasteiger partial charge in [-0.15, -0.1) is 0 Å². The van der Waals surface area contributed by atoms with Crippen molar-refractivity contribution in [1.82, 2.24) is 14.9 Å². The van der Waals surface area contributed by atoms with Gasteiger partial charge in [-0.3, -0.25) is 5.10 Å². The third-order valence-corrected chi connectivity index (χ3v) is 4.01. The Bertz CT molecular complexity index is 407. The molecule has 1 aromatic rings. The largest absolute Gasteiger partial charge is 0.281 e. The van der Waals surface area contributed by atoms with E-state index in [1.165, 1.54) is 6.20 Å². The van der Waals surface area contributed by atoms with Crippen LogP contribution in [-0.4, -0.2) is 24.7 Å². The van der Waals surface area contributed by atoms with Crippen LogP contribution >= 0.6 is 0 Å². The van der Waals surface area contributed by atoms with Crippen molar-refractivity contribution in [2.45, 2.75) is 44.6 Å². The minimum Gasteiger partial charge on any atom is -0.281 e. The number of nitrogens with one attached hydrogen (secondary N) is 2. The van der Waals surface area contributed by atoms with Crippen molar-refractivity contribution in [2.24, 2.45) is 0 Å². The third kappa shape index (κ3) is 2.79. The van der Waals surface area contributed by atoms with Crippen LogP contribution in [0.4, 0.5) is 0 Å². The van der Waals surface area contributed by atoms with Crippen LogP contribution in [0.25, 0.3) is 0 Å². The Kier molecular flexibility index (Phi) is 3.87. The monoisotopic (exact) mass is 231 g/mol. The molecule has 0 spiro atoms. The minimum atomic E-state index is -3.41. The first-order valence-corrected chi connectivity index (χ1v) is 6.51. The maximum absolute atomic E-state index is 11.9. The maximum atomic E-state index is 11.9. The van der Waals surface area contributed by atoms with Crippen molar-refractivity contribution in [3.8, 4) is 0 Å². The summed E-state index contributed by atoms with van der Waals surface area (Å²) < 4.78 is 26.4. The highest BCUT2D eigenvalue weighted by molar-refractivity contribution is 7.89. The van der Waals surface area contributed by atoms with Crippen molar-refractivity contribution >= 4 is 10.0 Å². The second-order valence-electron chi connectivity index (χ2n) is 3.49. The Morgan fingerprint density at radius 1 is 1.47 bits per heavy atom. The van der Waals surface area contributed by atoms with Crippen LogP contribution in [0.15, 0.2) is 11.1 Å². The van der Waals surface area contributed by atoms with Gasteiger partial charge < -0.3 is 0 Å². The van der Waals surface area contributed by atoms with E-state index in [2.05, 4.69) is 14.9 Å². The lowest BCUT2D eigenvalue weighted by Crippen LogP contribution is -2.33. The highest BCUT2D eigenvalue weighted by Gasteiger charge is 2.21. The molecule has 2 N–H and O–H groups in total. The molecule has 0 radical (unpaired) electrons. The van der Waals surface area contributed by atoms with Crippen LogP contribution in [-0.2, 0) is 10.0 Å². The zero-order chi connectivity index (χ0) is 11.5. The zero-order valence-corrected chi connectivity index (χ0v) is 10.1. The predicted molar refractivity (Wildman–Crippen MR) is 58.0 cm³/mol. The third-order valence-electron chi connectivity index (χ3n) is 2.38. The quantitative estimate of drug-likeness (QED) is 0.799. The Morgan fingerprint density at radius 3 is 2.47 bits per heavy atom. The number of rotatable bonds is 5. The molecule has 0 aromatic carbocycles. The normalized spacial score (nSPS) is 12.3. The van der Waals surface area contributed by atoms with Gasteiger partial charge in [-0.25, -0.2) is 13.1 Å². The summed E-state index contributed by atoms with van der Waals surface area (Å²) in [6, 6.07) is -0.00991. The average Bonchev–Trinajstić information content (AvgIpc) is 2.61. The van der Waals surface area contributed by atoms with E-state index in [0.29, 0.717) is 5.69 Å². The van der Waals surface area contributed by atoms with Gasteiger partial charge in [-0.1, -0.05) is 13.8 Å². The topological polar surface area (TPSA) is 74.8 Å². The first-order valence-electron chi connectivity index (χ1n) is 5.03. The molecule has 0 amide bonds. The molecule has 15 heavy (non-hydrogen) atoms. The van der Waals surface area contributed by atoms with E-state index in [1.54, 1.807) is 6.92 Å². The number of aromatic amines is 1. The molecule has 0 bridgehead atoms. The van der Waals surface area contributed by atoms with Crippen LogP contribution in [0.2, 0.25) is 0 Å². The molecule has 0 fully saturated rings. The molecule has 6 heteroatoms. The molecule has 1 rings (SSSR count). The van der Waals surface area contributed by atoms with E-state index >= 15 is 0 Å². The van der Waals surface area contributed by atoms with E-state index in [4.69, 9.17) is 0 Å². The van der Waals surface area contributed by atoms with E-state index < -0.39 is 10.0 Å². The molecular weight excluding hydrogens is 214 g/mol. The maximum Gasteiger partial charge on any atom is 0.244 e. The fraction of sp³-hybridized carbons (Fsp3) is 0.667. The summed E-state index contributed by atoms with van der Waals surface area (Å²) in [6.07, 6.45) is 2.90.